The fourth-order valence-electron chi connectivity index (χ4n) is 3.23. The van der Waals surface area contributed by atoms with Gasteiger partial charge in [0.05, 0.1) is 0 Å². The van der Waals surface area contributed by atoms with Gasteiger partial charge in [-0.25, -0.2) is 0 Å². The third-order valence-corrected chi connectivity index (χ3v) is 6.75. The monoisotopic (exact) mass is 284 g/mol. The van der Waals surface area contributed by atoms with E-state index in [1.165, 1.54) is 67.4 Å². The largest absolute Gasteiger partial charge is 0.359 e. The molecule has 0 atom stereocenters. The highest BCUT2D eigenvalue weighted by atomic mass is 32.2. The van der Waals surface area contributed by atoms with E-state index in [4.69, 9.17) is 4.99 Å². The molecule has 2 saturated heterocycles. The van der Waals surface area contributed by atoms with Crippen LogP contribution in [-0.4, -0.2) is 34.5 Å². The minimum absolute atomic E-state index is 0.421. The summed E-state index contributed by atoms with van der Waals surface area (Å²) < 4.78 is 0. The Bertz CT molecular complexity index is 305. The zero-order chi connectivity index (χ0) is 12.3. The average molecular weight is 284 g/mol. The number of nitrogens with one attached hydrogen (secondary N) is 1. The summed E-state index contributed by atoms with van der Waals surface area (Å²) in [5.74, 6) is 4.80. The van der Waals surface area contributed by atoms with E-state index in [1.54, 1.807) is 0 Å². The molecule has 0 aromatic rings. The molecule has 3 aliphatic rings. The van der Waals surface area contributed by atoms with Crippen molar-refractivity contribution in [1.82, 2.24) is 5.32 Å². The molecule has 1 N–H and O–H groups in total. The van der Waals surface area contributed by atoms with Crippen molar-refractivity contribution in [2.24, 2.45) is 10.9 Å². The summed E-state index contributed by atoms with van der Waals surface area (Å²) in [6.07, 6.45) is 9.70. The first-order valence-electron chi connectivity index (χ1n) is 7.40. The smallest absolute Gasteiger partial charge is 0.157 e. The Labute approximate surface area is 119 Å². The Morgan fingerprint density at radius 2 is 1.94 bits per heavy atom. The predicted octanol–water partition coefficient (Wildman–Crippen LogP) is 3.52. The third kappa shape index (κ3) is 3.19. The molecule has 102 valence electrons. The third-order valence-electron chi connectivity index (χ3n) is 4.50. The van der Waals surface area contributed by atoms with Crippen LogP contribution in [-0.2, 0) is 0 Å². The molecule has 1 spiro atoms. The van der Waals surface area contributed by atoms with Crippen LogP contribution >= 0.6 is 23.5 Å². The van der Waals surface area contributed by atoms with Gasteiger partial charge in [0, 0.05) is 17.8 Å². The number of rotatable bonds is 2. The van der Waals surface area contributed by atoms with Crippen molar-refractivity contribution in [3.8, 4) is 0 Å². The van der Waals surface area contributed by atoms with Gasteiger partial charge in [0.25, 0.3) is 0 Å². The highest BCUT2D eigenvalue weighted by Crippen LogP contribution is 2.36. The molecule has 2 nitrogen and oxygen atoms in total. The summed E-state index contributed by atoms with van der Waals surface area (Å²) in [7, 11) is 0. The molecule has 0 aromatic carbocycles. The highest BCUT2D eigenvalue weighted by Gasteiger charge is 2.37. The molecular weight excluding hydrogens is 260 g/mol. The maximum Gasteiger partial charge on any atom is 0.157 e. The zero-order valence-corrected chi connectivity index (χ0v) is 12.8. The molecule has 0 bridgehead atoms. The second kappa shape index (κ2) is 6.08. The Morgan fingerprint density at radius 1 is 1.17 bits per heavy atom. The molecule has 2 heterocycles. The molecule has 3 rings (SSSR count). The lowest BCUT2D eigenvalue weighted by atomic mass is 9.83. The highest BCUT2D eigenvalue weighted by molar-refractivity contribution is 8.14. The Hall–Kier alpha value is 0.170. The van der Waals surface area contributed by atoms with E-state index in [0.29, 0.717) is 5.54 Å². The maximum absolute atomic E-state index is 4.86. The van der Waals surface area contributed by atoms with Crippen molar-refractivity contribution < 1.29 is 0 Å². The van der Waals surface area contributed by atoms with Crippen LogP contribution in [0.1, 0.15) is 44.9 Å². The van der Waals surface area contributed by atoms with Gasteiger partial charge in [-0.2, -0.15) is 11.8 Å². The summed E-state index contributed by atoms with van der Waals surface area (Å²) >= 11 is 4.08. The lowest BCUT2D eigenvalue weighted by Gasteiger charge is -2.32. The second-order valence-corrected chi connectivity index (χ2v) is 8.15. The molecule has 2 aliphatic heterocycles. The topological polar surface area (TPSA) is 24.4 Å². The Balaban J connectivity index is 1.51. The Morgan fingerprint density at radius 3 is 2.72 bits per heavy atom. The van der Waals surface area contributed by atoms with E-state index in [2.05, 4.69) is 17.1 Å². The first kappa shape index (κ1) is 13.2. The van der Waals surface area contributed by atoms with Crippen molar-refractivity contribution >= 4 is 28.7 Å². The van der Waals surface area contributed by atoms with Crippen molar-refractivity contribution in [2.75, 3.05) is 23.8 Å². The van der Waals surface area contributed by atoms with Crippen molar-refractivity contribution in [3.63, 3.8) is 0 Å². The lowest BCUT2D eigenvalue weighted by molar-refractivity contribution is 0.303. The van der Waals surface area contributed by atoms with Crippen LogP contribution in [0.2, 0.25) is 0 Å². The van der Waals surface area contributed by atoms with Gasteiger partial charge in [-0.1, -0.05) is 31.0 Å². The fraction of sp³-hybridized carbons (Fsp3) is 0.929. The normalized spacial score (nSPS) is 30.8. The summed E-state index contributed by atoms with van der Waals surface area (Å²) in [6, 6.07) is 0. The zero-order valence-electron chi connectivity index (χ0n) is 11.1. The molecule has 18 heavy (non-hydrogen) atoms. The molecular formula is C14H24N2S2. The molecule has 3 fully saturated rings. The van der Waals surface area contributed by atoms with Crippen molar-refractivity contribution in [1.29, 1.82) is 0 Å². The van der Waals surface area contributed by atoms with E-state index in [9.17, 15) is 0 Å². The van der Waals surface area contributed by atoms with E-state index < -0.39 is 0 Å². The van der Waals surface area contributed by atoms with Gasteiger partial charge >= 0.3 is 0 Å². The quantitative estimate of drug-likeness (QED) is 0.839. The molecule has 1 saturated carbocycles. The minimum Gasteiger partial charge on any atom is -0.359 e. The van der Waals surface area contributed by atoms with Gasteiger partial charge in [-0.05, 0) is 43.1 Å². The summed E-state index contributed by atoms with van der Waals surface area (Å²) in [5, 5.41) is 5.00. The number of nitrogens with zero attached hydrogens (tertiary/aromatic N) is 1. The minimum atomic E-state index is 0.421. The molecule has 1 aliphatic carbocycles. The summed E-state index contributed by atoms with van der Waals surface area (Å²) in [4.78, 5) is 4.86. The maximum atomic E-state index is 4.86. The van der Waals surface area contributed by atoms with Gasteiger partial charge in [-0.3, -0.25) is 4.99 Å². The van der Waals surface area contributed by atoms with Gasteiger partial charge in [0.1, 0.15) is 0 Å². The number of aliphatic imine (C=N–C) groups is 1. The van der Waals surface area contributed by atoms with Crippen LogP contribution < -0.4 is 5.32 Å². The van der Waals surface area contributed by atoms with Gasteiger partial charge in [0.15, 0.2) is 5.17 Å². The van der Waals surface area contributed by atoms with Crippen LogP contribution in [0.15, 0.2) is 4.99 Å². The predicted molar refractivity (Wildman–Crippen MR) is 83.8 cm³/mol. The number of hydrogen-bond donors (Lipinski definition) is 1. The van der Waals surface area contributed by atoms with Crippen molar-refractivity contribution in [3.05, 3.63) is 0 Å². The molecule has 0 aromatic heterocycles. The fourth-order valence-corrected chi connectivity index (χ4v) is 5.66. The second-order valence-electron chi connectivity index (χ2n) is 5.96. The molecule has 4 heteroatoms. The first-order chi connectivity index (χ1) is 8.86. The van der Waals surface area contributed by atoms with Crippen LogP contribution in [0.3, 0.4) is 0 Å². The lowest BCUT2D eigenvalue weighted by Crippen LogP contribution is -2.45. The summed E-state index contributed by atoms with van der Waals surface area (Å²) in [5.41, 5.74) is 0.421. The van der Waals surface area contributed by atoms with Gasteiger partial charge in [-0.15, -0.1) is 0 Å². The number of hydrogen-bond acceptors (Lipinski definition) is 3. The standard InChI is InChI=1S/C14H24N2S2/c1-2-6-14(7-3-1)11-18-13(16-14)15-10-12-4-8-17-9-5-12/h12H,1-11H2,(H,15,16). The number of thioether (sulfide) groups is 2. The van der Waals surface area contributed by atoms with E-state index in [0.717, 1.165) is 12.5 Å². The van der Waals surface area contributed by atoms with E-state index >= 15 is 0 Å². The SMILES string of the molecule is C1CCC2(CC1)CSC(=NCC1CCSCC1)N2. The first-order valence-corrected chi connectivity index (χ1v) is 9.54. The van der Waals surface area contributed by atoms with Crippen LogP contribution in [0.5, 0.6) is 0 Å². The van der Waals surface area contributed by atoms with E-state index in [1.807, 2.05) is 11.8 Å². The van der Waals surface area contributed by atoms with E-state index in [-0.39, 0.29) is 0 Å². The molecule has 0 unspecified atom stereocenters. The number of amidine groups is 1. The molecule has 0 radical (unpaired) electrons. The van der Waals surface area contributed by atoms with Crippen molar-refractivity contribution in [2.45, 2.75) is 50.5 Å². The van der Waals surface area contributed by atoms with Gasteiger partial charge < -0.3 is 5.32 Å². The van der Waals surface area contributed by atoms with Crippen LogP contribution in [0.4, 0.5) is 0 Å². The summed E-state index contributed by atoms with van der Waals surface area (Å²) in [6.45, 7) is 1.06. The Kier molecular flexibility index (Phi) is 4.45. The van der Waals surface area contributed by atoms with Gasteiger partial charge in [0.2, 0.25) is 0 Å². The molecule has 0 amide bonds. The van der Waals surface area contributed by atoms with Crippen LogP contribution in [0, 0.1) is 5.92 Å². The van der Waals surface area contributed by atoms with Crippen LogP contribution in [0.25, 0.3) is 0 Å². The average Bonchev–Trinajstić information content (AvgIpc) is 2.82.